The van der Waals surface area contributed by atoms with E-state index in [1.54, 1.807) is 7.11 Å². The quantitative estimate of drug-likeness (QED) is 0.787. The van der Waals surface area contributed by atoms with Crippen LogP contribution in [-0.2, 0) is 4.74 Å². The van der Waals surface area contributed by atoms with Gasteiger partial charge in [0.05, 0.1) is 12.7 Å². The molecular weight excluding hydrogens is 256 g/mol. The molecule has 0 saturated heterocycles. The van der Waals surface area contributed by atoms with E-state index in [-0.39, 0.29) is 5.92 Å². The Morgan fingerprint density at radius 2 is 2.00 bits per heavy atom. The molecule has 6 nitrogen and oxygen atoms in total. The topological polar surface area (TPSA) is 70.5 Å². The van der Waals surface area contributed by atoms with Gasteiger partial charge >= 0.3 is 0 Å². The molecule has 0 aromatic carbocycles. The van der Waals surface area contributed by atoms with Gasteiger partial charge in [0, 0.05) is 39.2 Å². The second kappa shape index (κ2) is 7.40. The molecule has 1 unspecified atom stereocenters. The molecule has 0 amide bonds. The maximum atomic E-state index is 9.85. The maximum Gasteiger partial charge on any atom is 0.137 e. The maximum absolute atomic E-state index is 9.85. The van der Waals surface area contributed by atoms with Crippen LogP contribution in [0.3, 0.4) is 0 Å². The molecule has 0 aliphatic carbocycles. The van der Waals surface area contributed by atoms with Crippen molar-refractivity contribution >= 4 is 11.6 Å². The summed E-state index contributed by atoms with van der Waals surface area (Å²) in [5.41, 5.74) is 0.976. The molecule has 20 heavy (non-hydrogen) atoms. The van der Waals surface area contributed by atoms with E-state index in [1.165, 1.54) is 0 Å². The number of hydrogen-bond acceptors (Lipinski definition) is 6. The molecule has 1 atom stereocenters. The molecule has 2 N–H and O–H groups in total. The minimum atomic E-state index is -0.542. The van der Waals surface area contributed by atoms with Gasteiger partial charge < -0.3 is 20.1 Å². The van der Waals surface area contributed by atoms with Gasteiger partial charge in [-0.05, 0) is 6.92 Å². The number of likely N-dealkylation sites (N-methyl/N-ethyl adjacent to an activating group) is 1. The molecule has 1 rings (SSSR count). The van der Waals surface area contributed by atoms with E-state index in [0.717, 1.165) is 23.0 Å². The number of nitrogens with zero attached hydrogens (tertiary/aromatic N) is 3. The van der Waals surface area contributed by atoms with E-state index in [0.29, 0.717) is 13.2 Å². The van der Waals surface area contributed by atoms with Gasteiger partial charge in [0.1, 0.15) is 17.5 Å². The lowest BCUT2D eigenvalue weighted by atomic mass is 10.2. The normalized spacial score (nSPS) is 12.6. The first-order valence-electron chi connectivity index (χ1n) is 6.85. The molecule has 0 spiro atoms. The van der Waals surface area contributed by atoms with Crippen LogP contribution >= 0.6 is 0 Å². The summed E-state index contributed by atoms with van der Waals surface area (Å²) in [5, 5.41) is 13.0. The molecule has 0 radical (unpaired) electrons. The van der Waals surface area contributed by atoms with Crippen molar-refractivity contribution in [2.24, 2.45) is 0 Å². The molecule has 1 aromatic heterocycles. The van der Waals surface area contributed by atoms with Gasteiger partial charge in [-0.25, -0.2) is 9.97 Å². The smallest absolute Gasteiger partial charge is 0.137 e. The van der Waals surface area contributed by atoms with Crippen LogP contribution in [0.5, 0.6) is 0 Å². The average molecular weight is 282 g/mol. The first-order chi connectivity index (χ1) is 9.40. The fraction of sp³-hybridized carbons (Fsp3) is 0.714. The van der Waals surface area contributed by atoms with Crippen molar-refractivity contribution in [3.05, 3.63) is 11.4 Å². The van der Waals surface area contributed by atoms with Gasteiger partial charge in [0.2, 0.25) is 0 Å². The monoisotopic (exact) mass is 282 g/mol. The third-order valence-corrected chi connectivity index (χ3v) is 3.10. The van der Waals surface area contributed by atoms with E-state index >= 15 is 0 Å². The van der Waals surface area contributed by atoms with Crippen LogP contribution in [0.4, 0.5) is 11.6 Å². The summed E-state index contributed by atoms with van der Waals surface area (Å²) < 4.78 is 4.96. The van der Waals surface area contributed by atoms with E-state index < -0.39 is 6.10 Å². The summed E-state index contributed by atoms with van der Waals surface area (Å²) in [6.45, 7) is 6.88. The number of aliphatic hydroxyl groups is 1. The van der Waals surface area contributed by atoms with Gasteiger partial charge in [0.15, 0.2) is 0 Å². The summed E-state index contributed by atoms with van der Waals surface area (Å²) in [4.78, 5) is 11.1. The van der Waals surface area contributed by atoms with E-state index in [1.807, 2.05) is 25.9 Å². The molecule has 6 heteroatoms. The number of rotatable bonds is 7. The van der Waals surface area contributed by atoms with Crippen LogP contribution in [0.2, 0.25) is 0 Å². The van der Waals surface area contributed by atoms with Crippen molar-refractivity contribution in [3.8, 4) is 0 Å². The third kappa shape index (κ3) is 4.05. The Bertz CT molecular complexity index is 437. The van der Waals surface area contributed by atoms with Crippen LogP contribution in [0, 0.1) is 6.92 Å². The van der Waals surface area contributed by atoms with Gasteiger partial charge in [-0.1, -0.05) is 13.8 Å². The Hall–Kier alpha value is -1.40. The highest BCUT2D eigenvalue weighted by molar-refractivity contribution is 5.58. The average Bonchev–Trinajstić information content (AvgIpc) is 2.38. The highest BCUT2D eigenvalue weighted by atomic mass is 16.5. The SMILES string of the molecule is CNc1nc(C(C)C)nc(N(C)CC(O)COC)c1C. The van der Waals surface area contributed by atoms with Crippen LogP contribution in [0.1, 0.15) is 31.2 Å². The zero-order chi connectivity index (χ0) is 15.3. The van der Waals surface area contributed by atoms with E-state index in [4.69, 9.17) is 4.74 Å². The number of nitrogens with one attached hydrogen (secondary N) is 1. The lowest BCUT2D eigenvalue weighted by Gasteiger charge is -2.24. The minimum absolute atomic E-state index is 0.249. The first kappa shape index (κ1) is 16.7. The van der Waals surface area contributed by atoms with Gasteiger partial charge in [0.25, 0.3) is 0 Å². The van der Waals surface area contributed by atoms with Crippen molar-refractivity contribution < 1.29 is 9.84 Å². The van der Waals surface area contributed by atoms with E-state index in [2.05, 4.69) is 29.1 Å². The molecule has 0 bridgehead atoms. The highest BCUT2D eigenvalue weighted by Crippen LogP contribution is 2.25. The molecule has 0 saturated carbocycles. The van der Waals surface area contributed by atoms with Crippen molar-refractivity contribution in [1.82, 2.24) is 9.97 Å². The fourth-order valence-electron chi connectivity index (χ4n) is 2.04. The number of ether oxygens (including phenoxy) is 1. The van der Waals surface area contributed by atoms with Crippen LogP contribution in [-0.4, -0.2) is 55.5 Å². The standard InChI is InChI=1S/C14H26N4O2/c1-9(2)12-16-13(15-4)10(3)14(17-12)18(5)7-11(19)8-20-6/h9,11,19H,7-8H2,1-6H3,(H,15,16,17). The van der Waals surface area contributed by atoms with Crippen LogP contribution in [0.25, 0.3) is 0 Å². The summed E-state index contributed by atoms with van der Waals surface area (Å²) in [6, 6.07) is 0. The number of aromatic nitrogens is 2. The van der Waals surface area contributed by atoms with Crippen molar-refractivity contribution in [3.63, 3.8) is 0 Å². The van der Waals surface area contributed by atoms with Crippen LogP contribution in [0.15, 0.2) is 0 Å². The second-order valence-electron chi connectivity index (χ2n) is 5.27. The van der Waals surface area contributed by atoms with Gasteiger partial charge in [-0.2, -0.15) is 0 Å². The molecule has 0 aliphatic heterocycles. The summed E-state index contributed by atoms with van der Waals surface area (Å²) in [5.74, 6) is 2.71. The largest absolute Gasteiger partial charge is 0.389 e. The molecular formula is C14H26N4O2. The third-order valence-electron chi connectivity index (χ3n) is 3.10. The van der Waals surface area contributed by atoms with Gasteiger partial charge in [-0.3, -0.25) is 0 Å². The molecule has 0 fully saturated rings. The fourth-order valence-corrected chi connectivity index (χ4v) is 2.04. The summed E-state index contributed by atoms with van der Waals surface area (Å²) in [6.07, 6.45) is -0.542. The zero-order valence-electron chi connectivity index (χ0n) is 13.3. The number of aliphatic hydroxyl groups excluding tert-OH is 1. The number of hydrogen-bond donors (Lipinski definition) is 2. The lowest BCUT2D eigenvalue weighted by molar-refractivity contribution is 0.0694. The first-order valence-corrected chi connectivity index (χ1v) is 6.85. The minimum Gasteiger partial charge on any atom is -0.389 e. The Morgan fingerprint density at radius 1 is 1.35 bits per heavy atom. The molecule has 1 heterocycles. The summed E-state index contributed by atoms with van der Waals surface area (Å²) in [7, 11) is 5.34. The lowest BCUT2D eigenvalue weighted by Crippen LogP contribution is -2.33. The highest BCUT2D eigenvalue weighted by Gasteiger charge is 2.17. The van der Waals surface area contributed by atoms with Crippen molar-refractivity contribution in [2.75, 3.05) is 44.6 Å². The Morgan fingerprint density at radius 3 is 2.50 bits per heavy atom. The molecule has 1 aromatic rings. The Balaban J connectivity index is 3.05. The predicted octanol–water partition coefficient (Wildman–Crippen LogP) is 1.39. The van der Waals surface area contributed by atoms with E-state index in [9.17, 15) is 5.11 Å². The van der Waals surface area contributed by atoms with Crippen molar-refractivity contribution in [2.45, 2.75) is 32.8 Å². The van der Waals surface area contributed by atoms with Crippen molar-refractivity contribution in [1.29, 1.82) is 0 Å². The predicted molar refractivity (Wildman–Crippen MR) is 81.6 cm³/mol. The number of methoxy groups -OCH3 is 1. The zero-order valence-corrected chi connectivity index (χ0v) is 13.3. The molecule has 114 valence electrons. The number of anilines is 2. The summed E-state index contributed by atoms with van der Waals surface area (Å²) >= 11 is 0. The molecule has 0 aliphatic rings. The Labute approximate surface area is 121 Å². The second-order valence-corrected chi connectivity index (χ2v) is 5.27. The Kier molecular flexibility index (Phi) is 6.16. The van der Waals surface area contributed by atoms with Crippen LogP contribution < -0.4 is 10.2 Å². The van der Waals surface area contributed by atoms with Gasteiger partial charge in [-0.15, -0.1) is 0 Å².